The zero-order valence-electron chi connectivity index (χ0n) is 15.5. The molecule has 0 spiro atoms. The largest absolute Gasteiger partial charge is 0.480 e. The molecular weight excluding hydrogens is 456 g/mol. The van der Waals surface area contributed by atoms with Crippen molar-refractivity contribution in [1.82, 2.24) is 9.80 Å². The van der Waals surface area contributed by atoms with Crippen molar-refractivity contribution >= 4 is 62.1 Å². The second kappa shape index (κ2) is 10.4. The smallest absolute Gasteiger partial charge is 0.323 e. The van der Waals surface area contributed by atoms with Crippen LogP contribution in [0.4, 0.5) is 0 Å². The van der Waals surface area contributed by atoms with E-state index in [1.807, 2.05) is 35.6 Å². The van der Waals surface area contributed by atoms with E-state index in [9.17, 15) is 18.0 Å². The van der Waals surface area contributed by atoms with Crippen LogP contribution in [0.1, 0.15) is 19.8 Å². The molecule has 0 aromatic heterocycles. The molecule has 2 aliphatic heterocycles. The van der Waals surface area contributed by atoms with Crippen LogP contribution in [0.3, 0.4) is 0 Å². The highest BCUT2D eigenvalue weighted by Crippen LogP contribution is 2.32. The van der Waals surface area contributed by atoms with Crippen LogP contribution < -0.4 is 0 Å². The van der Waals surface area contributed by atoms with Gasteiger partial charge in [0, 0.05) is 12.7 Å². The van der Waals surface area contributed by atoms with E-state index in [0.717, 1.165) is 27.3 Å². The molecule has 0 bridgehead atoms. The van der Waals surface area contributed by atoms with E-state index < -0.39 is 28.5 Å². The zero-order valence-corrected chi connectivity index (χ0v) is 18.7. The van der Waals surface area contributed by atoms with Crippen molar-refractivity contribution in [3.05, 3.63) is 45.3 Å². The minimum Gasteiger partial charge on any atom is -0.480 e. The van der Waals surface area contributed by atoms with Crippen molar-refractivity contribution in [1.29, 1.82) is 0 Å². The predicted molar refractivity (Wildman–Crippen MR) is 119 cm³/mol. The van der Waals surface area contributed by atoms with Gasteiger partial charge in [0.15, 0.2) is 0 Å². The number of amides is 1. The molecule has 158 valence electrons. The van der Waals surface area contributed by atoms with E-state index in [2.05, 4.69) is 0 Å². The number of allylic oxidation sites excluding steroid dienone is 4. The number of unbranched alkanes of at least 4 members (excludes halogenated alkanes) is 1. The van der Waals surface area contributed by atoms with Crippen LogP contribution in [-0.2, 0) is 19.7 Å². The predicted octanol–water partition coefficient (Wildman–Crippen LogP) is 2.79. The summed E-state index contributed by atoms with van der Waals surface area (Å²) < 4.78 is 30.5. The monoisotopic (exact) mass is 476 g/mol. The van der Waals surface area contributed by atoms with Crippen LogP contribution in [-0.4, -0.2) is 62.9 Å². The fourth-order valence-electron chi connectivity index (χ4n) is 2.43. The Morgan fingerprint density at radius 2 is 2.07 bits per heavy atom. The van der Waals surface area contributed by atoms with Gasteiger partial charge in [0.05, 0.1) is 15.7 Å². The summed E-state index contributed by atoms with van der Waals surface area (Å²) in [5.74, 6) is -1.79. The zero-order chi connectivity index (χ0) is 21.6. The molecule has 1 amide bonds. The number of carboxylic acid groups (broad SMARTS) is 1. The van der Waals surface area contributed by atoms with Gasteiger partial charge in [-0.3, -0.25) is 19.0 Å². The van der Waals surface area contributed by atoms with Crippen LogP contribution >= 0.6 is 35.7 Å². The Kier molecular flexibility index (Phi) is 8.52. The third kappa shape index (κ3) is 7.63. The topological polar surface area (TPSA) is 115 Å². The van der Waals surface area contributed by atoms with Crippen LogP contribution in [0.2, 0.25) is 0 Å². The summed E-state index contributed by atoms with van der Waals surface area (Å²) in [5.41, 5.74) is 0.798. The number of thioether (sulfide) groups is 2. The van der Waals surface area contributed by atoms with E-state index in [1.54, 1.807) is 6.08 Å². The van der Waals surface area contributed by atoms with Gasteiger partial charge in [-0.2, -0.15) is 8.42 Å². The first-order valence-corrected chi connectivity index (χ1v) is 12.2. The van der Waals surface area contributed by atoms with Crippen molar-refractivity contribution in [2.45, 2.75) is 19.8 Å². The number of hydrogen-bond acceptors (Lipinski definition) is 8. The molecule has 0 aromatic carbocycles. The first-order valence-electron chi connectivity index (χ1n) is 8.48. The number of carbonyl (C=O) groups excluding carboxylic acids is 1. The van der Waals surface area contributed by atoms with Gasteiger partial charge < -0.3 is 10.0 Å². The lowest BCUT2D eigenvalue weighted by molar-refractivity contribution is -0.140. The summed E-state index contributed by atoms with van der Waals surface area (Å²) in [7, 11) is -3.93. The molecule has 2 aliphatic rings. The summed E-state index contributed by atoms with van der Waals surface area (Å²) in [6.45, 7) is 1.99. The summed E-state index contributed by atoms with van der Waals surface area (Å²) in [6, 6.07) is 0. The summed E-state index contributed by atoms with van der Waals surface area (Å²) >= 11 is 7.65. The first kappa shape index (κ1) is 23.7. The highest BCUT2D eigenvalue weighted by molar-refractivity contribution is 8.26. The number of thiocarbonyl (C=S) groups is 1. The van der Waals surface area contributed by atoms with Gasteiger partial charge in [-0.15, -0.1) is 0 Å². The number of carbonyl (C=O) groups is 2. The minimum absolute atomic E-state index is 0.224. The molecular formula is C17H20N2O6S4. The molecule has 0 unspecified atom stereocenters. The maximum atomic E-state index is 12.3. The maximum Gasteiger partial charge on any atom is 0.323 e. The Morgan fingerprint density at radius 3 is 2.72 bits per heavy atom. The molecule has 2 rings (SSSR count). The van der Waals surface area contributed by atoms with Gasteiger partial charge in [-0.1, -0.05) is 41.8 Å². The normalized spacial score (nSPS) is 20.6. The van der Waals surface area contributed by atoms with Crippen molar-refractivity contribution < 1.29 is 27.7 Å². The second-order valence-corrected chi connectivity index (χ2v) is 10.3. The van der Waals surface area contributed by atoms with Gasteiger partial charge in [0.1, 0.15) is 10.9 Å². The highest BCUT2D eigenvalue weighted by Gasteiger charge is 2.33. The van der Waals surface area contributed by atoms with E-state index >= 15 is 0 Å². The lowest BCUT2D eigenvalue weighted by Crippen LogP contribution is -2.33. The lowest BCUT2D eigenvalue weighted by atomic mass is 10.2. The molecule has 0 aliphatic carbocycles. The Balaban J connectivity index is 1.97. The van der Waals surface area contributed by atoms with Crippen molar-refractivity contribution in [3.63, 3.8) is 0 Å². The fourth-order valence-corrected chi connectivity index (χ4v) is 5.09. The quantitative estimate of drug-likeness (QED) is 0.223. The van der Waals surface area contributed by atoms with Crippen molar-refractivity contribution in [2.24, 2.45) is 0 Å². The van der Waals surface area contributed by atoms with Gasteiger partial charge in [-0.05, 0) is 42.9 Å². The van der Waals surface area contributed by atoms with E-state index in [1.165, 1.54) is 11.8 Å². The molecule has 12 heteroatoms. The maximum absolute atomic E-state index is 12.3. The Morgan fingerprint density at radius 1 is 1.34 bits per heavy atom. The van der Waals surface area contributed by atoms with Gasteiger partial charge in [0.25, 0.3) is 16.0 Å². The molecule has 29 heavy (non-hydrogen) atoms. The Labute approximate surface area is 183 Å². The Bertz CT molecular complexity index is 920. The molecule has 0 atom stereocenters. The number of nitrogens with zero attached hydrogens (tertiary/aromatic N) is 2. The van der Waals surface area contributed by atoms with E-state index in [0.29, 0.717) is 24.3 Å². The highest BCUT2D eigenvalue weighted by atomic mass is 32.2. The average molecular weight is 477 g/mol. The molecule has 1 saturated heterocycles. The summed E-state index contributed by atoms with van der Waals surface area (Å²) in [6.07, 6.45) is 8.26. The molecule has 1 fully saturated rings. The van der Waals surface area contributed by atoms with Crippen LogP contribution in [0, 0.1) is 0 Å². The molecule has 0 aromatic rings. The third-order valence-corrected chi connectivity index (χ3v) is 6.83. The molecule has 0 radical (unpaired) electrons. The first-order chi connectivity index (χ1) is 13.6. The molecule has 0 saturated carbocycles. The van der Waals surface area contributed by atoms with Gasteiger partial charge in [0.2, 0.25) is 0 Å². The number of carboxylic acids is 1. The molecule has 2 heterocycles. The number of rotatable bonds is 9. The van der Waals surface area contributed by atoms with Crippen molar-refractivity contribution in [2.75, 3.05) is 18.8 Å². The molecule has 2 N–H and O–H groups in total. The van der Waals surface area contributed by atoms with E-state index in [4.69, 9.17) is 21.9 Å². The fraction of sp³-hybridized carbons (Fsp3) is 0.353. The average Bonchev–Trinajstić information content (AvgIpc) is 3.16. The molecule has 8 nitrogen and oxygen atoms in total. The third-order valence-electron chi connectivity index (χ3n) is 3.78. The SMILES string of the molecule is CC(=C\C=C1\SC=CN1CCCCS(=O)(=O)O)/C=C1/SC(=S)N(CC(=O)O)C1=O. The standard InChI is InChI=1S/C17H20N2O6S4/c1-12(10-13-16(22)19(11-15(20)21)17(26)28-13)4-5-14-18(7-8-27-14)6-2-3-9-29(23,24)25/h4-5,7-8,10H,2-3,6,9,11H2,1H3,(H,20,21)(H,23,24,25)/b12-4+,13-10+,14-5+. The summed E-state index contributed by atoms with van der Waals surface area (Å²) in [4.78, 5) is 26.5. The summed E-state index contributed by atoms with van der Waals surface area (Å²) in [5, 5.41) is 11.7. The van der Waals surface area contributed by atoms with Crippen LogP contribution in [0.5, 0.6) is 0 Å². The van der Waals surface area contributed by atoms with Gasteiger partial charge >= 0.3 is 5.97 Å². The van der Waals surface area contributed by atoms with E-state index in [-0.39, 0.29) is 10.1 Å². The Hall–Kier alpha value is -1.60. The number of aliphatic carboxylic acids is 1. The minimum atomic E-state index is -3.93. The van der Waals surface area contributed by atoms with Crippen LogP contribution in [0.15, 0.2) is 45.3 Å². The number of hydrogen-bond donors (Lipinski definition) is 2. The van der Waals surface area contributed by atoms with Crippen LogP contribution in [0.25, 0.3) is 0 Å². The lowest BCUT2D eigenvalue weighted by Gasteiger charge is -2.16. The second-order valence-electron chi connectivity index (χ2n) is 6.17. The van der Waals surface area contributed by atoms with Crippen molar-refractivity contribution in [3.8, 4) is 0 Å². The van der Waals surface area contributed by atoms with Gasteiger partial charge in [-0.25, -0.2) is 0 Å².